The first-order chi connectivity index (χ1) is 13.5. The van der Waals surface area contributed by atoms with Gasteiger partial charge in [0, 0.05) is 23.2 Å². The summed E-state index contributed by atoms with van der Waals surface area (Å²) < 4.78 is 44.7. The van der Waals surface area contributed by atoms with Crippen molar-refractivity contribution in [3.05, 3.63) is 39.7 Å². The lowest BCUT2D eigenvalue weighted by molar-refractivity contribution is -0.490. The maximum atomic E-state index is 13.6. The van der Waals surface area contributed by atoms with E-state index in [0.29, 0.717) is 6.07 Å². The SMILES string of the molecule is C[C@H](OC(=O)C[C@@H]1C(=O)C[C@@H](C)[C@H]1C[N+](=O)[O-])C(=O)Nc1ccc(F)c(F)c1F. The van der Waals surface area contributed by atoms with Crippen LogP contribution >= 0.6 is 0 Å². The predicted octanol–water partition coefficient (Wildman–Crippen LogP) is 2.48. The van der Waals surface area contributed by atoms with Gasteiger partial charge in [0.05, 0.1) is 12.1 Å². The normalized spacial score (nSPS) is 22.2. The Kier molecular flexibility index (Phi) is 6.93. The minimum Gasteiger partial charge on any atom is -0.453 e. The third-order valence-electron chi connectivity index (χ3n) is 4.90. The van der Waals surface area contributed by atoms with Crippen molar-refractivity contribution < 1.29 is 37.2 Å². The number of anilines is 1. The highest BCUT2D eigenvalue weighted by atomic mass is 19.2. The van der Waals surface area contributed by atoms with Crippen molar-refractivity contribution in [1.29, 1.82) is 0 Å². The molecule has 158 valence electrons. The summed E-state index contributed by atoms with van der Waals surface area (Å²) in [4.78, 5) is 46.4. The quantitative estimate of drug-likeness (QED) is 0.316. The first kappa shape index (κ1) is 22.3. The second kappa shape index (κ2) is 9.01. The highest BCUT2D eigenvalue weighted by Crippen LogP contribution is 2.36. The molecule has 0 spiro atoms. The van der Waals surface area contributed by atoms with Crippen LogP contribution in [0.25, 0.3) is 0 Å². The fourth-order valence-electron chi connectivity index (χ4n) is 3.34. The molecule has 0 bridgehead atoms. The molecule has 0 aliphatic heterocycles. The number of hydrogen-bond acceptors (Lipinski definition) is 6. The fourth-order valence-corrected chi connectivity index (χ4v) is 3.34. The van der Waals surface area contributed by atoms with Crippen LogP contribution in [0.15, 0.2) is 12.1 Å². The first-order valence-electron chi connectivity index (χ1n) is 8.79. The summed E-state index contributed by atoms with van der Waals surface area (Å²) in [5, 5.41) is 12.8. The molecule has 1 saturated carbocycles. The number of nitro groups is 1. The zero-order valence-electron chi connectivity index (χ0n) is 15.6. The van der Waals surface area contributed by atoms with Gasteiger partial charge in [-0.25, -0.2) is 13.2 Å². The maximum Gasteiger partial charge on any atom is 0.307 e. The Bertz CT molecular complexity index is 847. The largest absolute Gasteiger partial charge is 0.453 e. The Balaban J connectivity index is 1.97. The number of carbonyl (C=O) groups is 3. The molecule has 2 rings (SSSR count). The average molecular weight is 416 g/mol. The van der Waals surface area contributed by atoms with Gasteiger partial charge in [-0.05, 0) is 25.0 Å². The molecular formula is C18H19F3N2O6. The van der Waals surface area contributed by atoms with E-state index in [0.717, 1.165) is 6.07 Å². The summed E-state index contributed by atoms with van der Waals surface area (Å²) in [6.07, 6.45) is -1.75. The smallest absolute Gasteiger partial charge is 0.307 e. The third-order valence-corrected chi connectivity index (χ3v) is 4.90. The van der Waals surface area contributed by atoms with Crippen molar-refractivity contribution in [2.45, 2.75) is 32.8 Å². The topological polar surface area (TPSA) is 116 Å². The molecule has 0 aromatic heterocycles. The number of ether oxygens (including phenoxy) is 1. The molecule has 29 heavy (non-hydrogen) atoms. The van der Waals surface area contributed by atoms with Crippen molar-refractivity contribution in [3.8, 4) is 0 Å². The minimum absolute atomic E-state index is 0.113. The Morgan fingerprint density at radius 1 is 1.31 bits per heavy atom. The standard InChI is InChI=1S/C18H19F3N2O6/c1-8-5-14(24)10(11(8)7-23(27)28)6-15(25)29-9(2)18(26)22-13-4-3-12(19)16(20)17(13)21/h3-4,8-11H,5-7H2,1-2H3,(H,22,26)/t8-,9+,10+,11-/m1/s1. The molecule has 8 nitrogen and oxygen atoms in total. The summed E-state index contributed by atoms with van der Waals surface area (Å²) in [6.45, 7) is 2.39. The summed E-state index contributed by atoms with van der Waals surface area (Å²) in [6, 6.07) is 1.42. The lowest BCUT2D eigenvalue weighted by Gasteiger charge is -2.19. The minimum atomic E-state index is -1.77. The number of halogens is 3. The molecule has 1 aromatic rings. The molecule has 0 radical (unpaired) electrons. The average Bonchev–Trinajstić information content (AvgIpc) is 2.88. The molecule has 0 saturated heterocycles. The van der Waals surface area contributed by atoms with E-state index in [1.165, 1.54) is 6.92 Å². The molecule has 1 N–H and O–H groups in total. The molecule has 1 fully saturated rings. The van der Waals surface area contributed by atoms with E-state index < -0.39 is 70.8 Å². The van der Waals surface area contributed by atoms with Crippen LogP contribution < -0.4 is 5.32 Å². The molecule has 1 aromatic carbocycles. The van der Waals surface area contributed by atoms with E-state index in [-0.39, 0.29) is 18.1 Å². The molecule has 4 atom stereocenters. The van der Waals surface area contributed by atoms with Crippen LogP contribution in [-0.4, -0.2) is 35.2 Å². The summed E-state index contributed by atoms with van der Waals surface area (Å²) >= 11 is 0. The van der Waals surface area contributed by atoms with Gasteiger partial charge in [0.1, 0.15) is 5.78 Å². The van der Waals surface area contributed by atoms with Gasteiger partial charge in [-0.15, -0.1) is 0 Å². The second-order valence-corrected chi connectivity index (χ2v) is 6.98. The number of hydrogen-bond donors (Lipinski definition) is 1. The van der Waals surface area contributed by atoms with Crippen LogP contribution in [0, 0.1) is 45.3 Å². The number of benzene rings is 1. The molecule has 0 unspecified atom stereocenters. The highest BCUT2D eigenvalue weighted by molar-refractivity contribution is 5.95. The number of nitrogens with one attached hydrogen (secondary N) is 1. The second-order valence-electron chi connectivity index (χ2n) is 6.98. The molecule has 11 heteroatoms. The van der Waals surface area contributed by atoms with Crippen molar-refractivity contribution in [3.63, 3.8) is 0 Å². The number of Topliss-reactive ketones (excluding diaryl/α,β-unsaturated/α-hetero) is 1. The van der Waals surface area contributed by atoms with Crippen LogP contribution in [0.4, 0.5) is 18.9 Å². The van der Waals surface area contributed by atoms with Gasteiger partial charge < -0.3 is 10.1 Å². The highest BCUT2D eigenvalue weighted by Gasteiger charge is 2.44. The Morgan fingerprint density at radius 3 is 2.59 bits per heavy atom. The number of rotatable bonds is 7. The molecule has 1 aliphatic rings. The Hall–Kier alpha value is -2.98. The van der Waals surface area contributed by atoms with Crippen LogP contribution in [0.1, 0.15) is 26.7 Å². The van der Waals surface area contributed by atoms with E-state index >= 15 is 0 Å². The molecular weight excluding hydrogens is 397 g/mol. The maximum absolute atomic E-state index is 13.6. The first-order valence-corrected chi connectivity index (χ1v) is 8.79. The lowest BCUT2D eigenvalue weighted by atomic mass is 9.88. The van der Waals surface area contributed by atoms with Gasteiger partial charge in [-0.3, -0.25) is 24.5 Å². The summed E-state index contributed by atoms with van der Waals surface area (Å²) in [5.74, 6) is -8.80. The van der Waals surface area contributed by atoms with Gasteiger partial charge in [0.15, 0.2) is 23.6 Å². The zero-order chi connectivity index (χ0) is 21.9. The third kappa shape index (κ3) is 5.30. The van der Waals surface area contributed by atoms with Gasteiger partial charge in [0.25, 0.3) is 5.91 Å². The van der Waals surface area contributed by atoms with E-state index in [1.807, 2.05) is 5.32 Å². The number of ketones is 1. The van der Waals surface area contributed by atoms with Gasteiger partial charge in [-0.1, -0.05) is 6.92 Å². The van der Waals surface area contributed by atoms with Crippen molar-refractivity contribution >= 4 is 23.3 Å². The van der Waals surface area contributed by atoms with E-state index in [9.17, 15) is 37.7 Å². The van der Waals surface area contributed by atoms with Crippen molar-refractivity contribution in [2.75, 3.05) is 11.9 Å². The van der Waals surface area contributed by atoms with Crippen LogP contribution in [0.2, 0.25) is 0 Å². The van der Waals surface area contributed by atoms with Gasteiger partial charge in [-0.2, -0.15) is 0 Å². The molecule has 1 amide bonds. The monoisotopic (exact) mass is 416 g/mol. The van der Waals surface area contributed by atoms with Gasteiger partial charge in [0.2, 0.25) is 6.54 Å². The number of carbonyl (C=O) groups excluding carboxylic acids is 3. The number of esters is 1. The fraction of sp³-hybridized carbons (Fsp3) is 0.500. The van der Waals surface area contributed by atoms with Crippen LogP contribution in [0.5, 0.6) is 0 Å². The number of nitrogens with zero attached hydrogens (tertiary/aromatic N) is 1. The lowest BCUT2D eigenvalue weighted by Crippen LogP contribution is -2.33. The molecule has 0 heterocycles. The van der Waals surface area contributed by atoms with E-state index in [4.69, 9.17) is 4.74 Å². The summed E-state index contributed by atoms with van der Waals surface area (Å²) in [5.41, 5.74) is -0.636. The number of amides is 1. The van der Waals surface area contributed by atoms with E-state index in [1.54, 1.807) is 6.92 Å². The Labute approximate surface area is 163 Å². The van der Waals surface area contributed by atoms with Crippen molar-refractivity contribution in [1.82, 2.24) is 0 Å². The Morgan fingerprint density at radius 2 is 1.97 bits per heavy atom. The van der Waals surface area contributed by atoms with Crippen LogP contribution in [-0.2, 0) is 19.1 Å². The predicted molar refractivity (Wildman–Crippen MR) is 92.7 cm³/mol. The van der Waals surface area contributed by atoms with Gasteiger partial charge >= 0.3 is 5.97 Å². The molecule has 1 aliphatic carbocycles. The zero-order valence-corrected chi connectivity index (χ0v) is 15.6. The summed E-state index contributed by atoms with van der Waals surface area (Å²) in [7, 11) is 0. The van der Waals surface area contributed by atoms with E-state index in [2.05, 4.69) is 0 Å². The van der Waals surface area contributed by atoms with Crippen LogP contribution in [0.3, 0.4) is 0 Å². The van der Waals surface area contributed by atoms with Crippen molar-refractivity contribution in [2.24, 2.45) is 17.8 Å².